The van der Waals surface area contributed by atoms with E-state index >= 15 is 0 Å². The van der Waals surface area contributed by atoms with Gasteiger partial charge in [-0.25, -0.2) is 0 Å². The molecule has 5 nitrogen and oxygen atoms in total. The van der Waals surface area contributed by atoms with E-state index in [4.69, 9.17) is 4.74 Å². The highest BCUT2D eigenvalue weighted by atomic mass is 16.5. The summed E-state index contributed by atoms with van der Waals surface area (Å²) in [4.78, 5) is 13.9. The van der Waals surface area contributed by atoms with Crippen molar-refractivity contribution in [2.75, 3.05) is 34.3 Å². The van der Waals surface area contributed by atoms with Crippen LogP contribution in [0.5, 0.6) is 0 Å². The molecule has 3 atom stereocenters. The quantitative estimate of drug-likeness (QED) is 0.663. The minimum Gasteiger partial charge on any atom is -0.378 e. The molecule has 0 aliphatic carbocycles. The van der Waals surface area contributed by atoms with E-state index in [1.165, 1.54) is 0 Å². The summed E-state index contributed by atoms with van der Waals surface area (Å²) in [7, 11) is 5.53. The number of rotatable bonds is 5. The second-order valence-corrected chi connectivity index (χ2v) is 4.44. The molecule has 0 spiro atoms. The van der Waals surface area contributed by atoms with Gasteiger partial charge in [-0.05, 0) is 20.5 Å². The molecule has 1 aliphatic rings. The summed E-state index contributed by atoms with van der Waals surface area (Å²) in [6.45, 7) is 3.61. The van der Waals surface area contributed by atoms with E-state index in [9.17, 15) is 4.79 Å². The fourth-order valence-corrected chi connectivity index (χ4v) is 2.11. The summed E-state index contributed by atoms with van der Waals surface area (Å²) in [6.07, 6.45) is 0.903. The molecule has 0 bridgehead atoms. The summed E-state index contributed by atoms with van der Waals surface area (Å²) in [5.74, 6) is 0.0863. The number of ether oxygens (including phenoxy) is 1. The Kier molecular flexibility index (Phi) is 5.18. The van der Waals surface area contributed by atoms with Crippen molar-refractivity contribution in [3.05, 3.63) is 0 Å². The van der Waals surface area contributed by atoms with E-state index in [0.717, 1.165) is 19.5 Å². The maximum absolute atomic E-state index is 12.0. The van der Waals surface area contributed by atoms with Gasteiger partial charge in [0.25, 0.3) is 0 Å². The van der Waals surface area contributed by atoms with Crippen molar-refractivity contribution >= 4 is 5.91 Å². The predicted molar refractivity (Wildman–Crippen MR) is 63.4 cm³/mol. The third kappa shape index (κ3) is 3.17. The third-order valence-corrected chi connectivity index (χ3v) is 3.10. The van der Waals surface area contributed by atoms with Crippen molar-refractivity contribution in [2.45, 2.75) is 31.5 Å². The van der Waals surface area contributed by atoms with Gasteiger partial charge < -0.3 is 15.4 Å². The predicted octanol–water partition coefficient (Wildman–Crippen LogP) is -0.570. The van der Waals surface area contributed by atoms with Gasteiger partial charge in [0.15, 0.2) is 0 Å². The van der Waals surface area contributed by atoms with Crippen LogP contribution in [0.25, 0.3) is 0 Å². The minimum absolute atomic E-state index is 0.0573. The highest BCUT2D eigenvalue weighted by Gasteiger charge is 2.30. The molecule has 1 aliphatic heterocycles. The molecule has 0 saturated carbocycles. The first-order valence-electron chi connectivity index (χ1n) is 5.80. The van der Waals surface area contributed by atoms with Gasteiger partial charge in [0, 0.05) is 20.2 Å². The van der Waals surface area contributed by atoms with Crippen LogP contribution >= 0.6 is 0 Å². The topological polar surface area (TPSA) is 53.6 Å². The Bertz CT molecular complexity index is 233. The molecule has 5 heteroatoms. The Morgan fingerprint density at radius 2 is 2.25 bits per heavy atom. The van der Waals surface area contributed by atoms with E-state index in [2.05, 4.69) is 10.6 Å². The van der Waals surface area contributed by atoms with Gasteiger partial charge >= 0.3 is 0 Å². The molecular weight excluding hydrogens is 206 g/mol. The van der Waals surface area contributed by atoms with Crippen LogP contribution in [0.3, 0.4) is 0 Å². The summed E-state index contributed by atoms with van der Waals surface area (Å²) < 4.78 is 5.31. The number of likely N-dealkylation sites (N-methyl/N-ethyl adjacent to an activating group) is 1. The van der Waals surface area contributed by atoms with Gasteiger partial charge in [0.1, 0.15) is 0 Å². The molecule has 0 aromatic rings. The van der Waals surface area contributed by atoms with Gasteiger partial charge in [-0.2, -0.15) is 0 Å². The molecule has 94 valence electrons. The summed E-state index contributed by atoms with van der Waals surface area (Å²) >= 11 is 0. The zero-order chi connectivity index (χ0) is 12.1. The van der Waals surface area contributed by atoms with Gasteiger partial charge in [-0.15, -0.1) is 0 Å². The van der Waals surface area contributed by atoms with E-state index in [1.807, 2.05) is 25.9 Å². The molecule has 1 saturated heterocycles. The first kappa shape index (κ1) is 13.4. The fraction of sp³-hybridized carbons (Fsp3) is 0.909. The lowest BCUT2D eigenvalue weighted by Gasteiger charge is -2.25. The maximum Gasteiger partial charge on any atom is 0.237 e. The highest BCUT2D eigenvalue weighted by Crippen LogP contribution is 2.06. The Hall–Kier alpha value is -0.650. The van der Waals surface area contributed by atoms with Gasteiger partial charge in [0.2, 0.25) is 5.91 Å². The van der Waals surface area contributed by atoms with Crippen LogP contribution in [-0.2, 0) is 9.53 Å². The first-order chi connectivity index (χ1) is 7.60. The number of nitrogens with zero attached hydrogens (tertiary/aromatic N) is 1. The first-order valence-corrected chi connectivity index (χ1v) is 5.80. The number of methoxy groups -OCH3 is 1. The monoisotopic (exact) mass is 229 g/mol. The van der Waals surface area contributed by atoms with E-state index in [1.54, 1.807) is 7.11 Å². The van der Waals surface area contributed by atoms with Crippen molar-refractivity contribution in [2.24, 2.45) is 0 Å². The summed E-state index contributed by atoms with van der Waals surface area (Å²) in [5, 5.41) is 6.26. The normalized spacial score (nSPS) is 27.1. The number of carbonyl (C=O) groups is 1. The van der Waals surface area contributed by atoms with Crippen LogP contribution < -0.4 is 10.6 Å². The average Bonchev–Trinajstić information content (AvgIpc) is 2.65. The van der Waals surface area contributed by atoms with E-state index < -0.39 is 0 Å². The Morgan fingerprint density at radius 3 is 2.75 bits per heavy atom. The summed E-state index contributed by atoms with van der Waals surface area (Å²) in [5.41, 5.74) is 0. The lowest BCUT2D eigenvalue weighted by Crippen LogP contribution is -2.50. The zero-order valence-corrected chi connectivity index (χ0v) is 10.6. The lowest BCUT2D eigenvalue weighted by molar-refractivity contribution is -0.127. The second kappa shape index (κ2) is 6.18. The number of hydrogen-bond donors (Lipinski definition) is 2. The number of carbonyl (C=O) groups excluding carboxylic acids is 1. The molecule has 0 aromatic carbocycles. The van der Waals surface area contributed by atoms with E-state index in [-0.39, 0.29) is 24.1 Å². The van der Waals surface area contributed by atoms with Crippen molar-refractivity contribution < 1.29 is 9.53 Å². The Balaban J connectivity index is 2.49. The molecule has 1 fully saturated rings. The zero-order valence-electron chi connectivity index (χ0n) is 10.6. The average molecular weight is 229 g/mol. The molecule has 1 rings (SSSR count). The molecule has 0 aromatic heterocycles. The Labute approximate surface area is 97.5 Å². The van der Waals surface area contributed by atoms with Crippen molar-refractivity contribution in [1.82, 2.24) is 15.5 Å². The number of hydrogen-bond acceptors (Lipinski definition) is 4. The van der Waals surface area contributed by atoms with Gasteiger partial charge in [-0.1, -0.05) is 6.92 Å². The minimum atomic E-state index is -0.0573. The van der Waals surface area contributed by atoms with Crippen LogP contribution in [0, 0.1) is 0 Å². The lowest BCUT2D eigenvalue weighted by atomic mass is 10.1. The SMILES string of the molecule is CCC(C(=O)NC1CNCC1OC)N(C)C. The molecule has 2 N–H and O–H groups in total. The van der Waals surface area contributed by atoms with Crippen LogP contribution in [0.4, 0.5) is 0 Å². The molecular formula is C11H23N3O2. The van der Waals surface area contributed by atoms with Gasteiger partial charge in [0.05, 0.1) is 18.2 Å². The standard InChI is InChI=1S/C11H23N3O2/c1-5-9(14(2)3)11(15)13-8-6-12-7-10(8)16-4/h8-10,12H,5-7H2,1-4H3,(H,13,15). The van der Waals surface area contributed by atoms with Crippen molar-refractivity contribution in [3.8, 4) is 0 Å². The smallest absolute Gasteiger partial charge is 0.237 e. The van der Waals surface area contributed by atoms with Crippen LogP contribution in [0.15, 0.2) is 0 Å². The van der Waals surface area contributed by atoms with Crippen LogP contribution in [0.1, 0.15) is 13.3 Å². The largest absolute Gasteiger partial charge is 0.378 e. The number of amides is 1. The molecule has 16 heavy (non-hydrogen) atoms. The third-order valence-electron chi connectivity index (χ3n) is 3.10. The van der Waals surface area contributed by atoms with Crippen LogP contribution in [-0.4, -0.2) is 63.3 Å². The van der Waals surface area contributed by atoms with Crippen LogP contribution in [0.2, 0.25) is 0 Å². The van der Waals surface area contributed by atoms with E-state index in [0.29, 0.717) is 0 Å². The maximum atomic E-state index is 12.0. The number of nitrogens with one attached hydrogen (secondary N) is 2. The Morgan fingerprint density at radius 1 is 1.56 bits per heavy atom. The van der Waals surface area contributed by atoms with Crippen molar-refractivity contribution in [3.63, 3.8) is 0 Å². The summed E-state index contributed by atoms with van der Waals surface area (Å²) in [6, 6.07) is 0.0320. The molecule has 1 amide bonds. The van der Waals surface area contributed by atoms with Gasteiger partial charge in [-0.3, -0.25) is 9.69 Å². The molecule has 3 unspecified atom stereocenters. The highest BCUT2D eigenvalue weighted by molar-refractivity contribution is 5.82. The fourth-order valence-electron chi connectivity index (χ4n) is 2.11. The molecule has 1 heterocycles. The van der Waals surface area contributed by atoms with Crippen molar-refractivity contribution in [1.29, 1.82) is 0 Å². The second-order valence-electron chi connectivity index (χ2n) is 4.44. The molecule has 0 radical (unpaired) electrons.